The molecule has 1 aliphatic rings. The predicted octanol–water partition coefficient (Wildman–Crippen LogP) is 7.02. The average molecular weight is 549 g/mol. The molecule has 0 bridgehead atoms. The molecular formula is C35H28N6O. The van der Waals surface area contributed by atoms with Crippen LogP contribution in [0.15, 0.2) is 122 Å². The van der Waals surface area contributed by atoms with E-state index in [1.54, 1.807) is 12.4 Å². The lowest BCUT2D eigenvalue weighted by molar-refractivity contribution is 0.102. The van der Waals surface area contributed by atoms with E-state index in [9.17, 15) is 4.79 Å². The highest BCUT2D eigenvalue weighted by Gasteiger charge is 2.24. The maximum atomic E-state index is 13.2. The molecule has 42 heavy (non-hydrogen) atoms. The highest BCUT2D eigenvalue weighted by atomic mass is 16.1. The Balaban J connectivity index is 1.09. The van der Waals surface area contributed by atoms with Gasteiger partial charge >= 0.3 is 0 Å². The summed E-state index contributed by atoms with van der Waals surface area (Å²) in [5.74, 6) is 0.624. The Labute approximate surface area is 244 Å². The Morgan fingerprint density at radius 1 is 0.810 bits per heavy atom. The molecule has 0 saturated heterocycles. The molecular weight excluding hydrogens is 520 g/mol. The van der Waals surface area contributed by atoms with Crippen LogP contribution >= 0.6 is 0 Å². The van der Waals surface area contributed by atoms with Gasteiger partial charge in [-0.2, -0.15) is 0 Å². The monoisotopic (exact) mass is 548 g/mol. The van der Waals surface area contributed by atoms with Crippen molar-refractivity contribution in [3.8, 4) is 33.9 Å². The Hall–Kier alpha value is -5.56. The number of imidazole rings is 1. The molecule has 0 radical (unpaired) electrons. The van der Waals surface area contributed by atoms with Crippen LogP contribution in [0.4, 0.5) is 11.4 Å². The molecule has 3 aromatic heterocycles. The van der Waals surface area contributed by atoms with Gasteiger partial charge in [0.15, 0.2) is 5.82 Å². The summed E-state index contributed by atoms with van der Waals surface area (Å²) in [6.07, 6.45) is 4.33. The van der Waals surface area contributed by atoms with Crippen LogP contribution in [-0.2, 0) is 13.0 Å². The van der Waals surface area contributed by atoms with Crippen molar-refractivity contribution in [2.45, 2.75) is 13.0 Å². The summed E-state index contributed by atoms with van der Waals surface area (Å²) in [6, 6.07) is 35.7. The number of benzene rings is 3. The number of rotatable bonds is 6. The molecule has 7 nitrogen and oxygen atoms in total. The van der Waals surface area contributed by atoms with Gasteiger partial charge in [0, 0.05) is 41.7 Å². The second-order valence-electron chi connectivity index (χ2n) is 10.2. The molecule has 0 atom stereocenters. The van der Waals surface area contributed by atoms with Gasteiger partial charge in [0.2, 0.25) is 0 Å². The molecule has 1 amide bonds. The lowest BCUT2D eigenvalue weighted by Crippen LogP contribution is -2.25. The Kier molecular flexibility index (Phi) is 6.74. The number of aromatic amines is 1. The number of carbonyl (C=O) groups is 1. The molecule has 2 N–H and O–H groups in total. The number of fused-ring (bicyclic) bond motifs is 3. The van der Waals surface area contributed by atoms with E-state index in [0.717, 1.165) is 63.9 Å². The number of carbonyl (C=O) groups excluding carboxylic acids is 1. The first-order valence-corrected chi connectivity index (χ1v) is 14.0. The maximum Gasteiger partial charge on any atom is 0.256 e. The number of anilines is 2. The van der Waals surface area contributed by atoms with Crippen LogP contribution in [0.25, 0.3) is 33.9 Å². The number of aromatic nitrogens is 4. The fourth-order valence-electron chi connectivity index (χ4n) is 5.45. The number of hydrogen-bond acceptors (Lipinski definition) is 5. The average Bonchev–Trinajstić information content (AvgIpc) is 3.43. The molecule has 1 aliphatic heterocycles. The molecule has 0 aliphatic carbocycles. The number of para-hydroxylation sites is 1. The van der Waals surface area contributed by atoms with Crippen LogP contribution in [0, 0.1) is 0 Å². The van der Waals surface area contributed by atoms with E-state index in [-0.39, 0.29) is 5.91 Å². The number of pyridine rings is 2. The molecule has 0 spiro atoms. The molecule has 0 fully saturated rings. The molecule has 0 unspecified atom stereocenters. The predicted molar refractivity (Wildman–Crippen MR) is 166 cm³/mol. The van der Waals surface area contributed by atoms with Gasteiger partial charge in [-0.3, -0.25) is 14.8 Å². The van der Waals surface area contributed by atoms with E-state index < -0.39 is 0 Å². The molecule has 204 valence electrons. The molecule has 6 aromatic rings. The van der Waals surface area contributed by atoms with E-state index in [0.29, 0.717) is 17.8 Å². The largest absolute Gasteiger partial charge is 0.365 e. The van der Waals surface area contributed by atoms with Gasteiger partial charge < -0.3 is 15.2 Å². The fourth-order valence-corrected chi connectivity index (χ4v) is 5.45. The van der Waals surface area contributed by atoms with E-state index in [4.69, 9.17) is 9.97 Å². The molecule has 0 saturated carbocycles. The summed E-state index contributed by atoms with van der Waals surface area (Å²) in [4.78, 5) is 33.2. The number of nitrogens with zero attached hydrogens (tertiary/aromatic N) is 4. The van der Waals surface area contributed by atoms with Gasteiger partial charge in [0.05, 0.1) is 29.8 Å². The minimum Gasteiger partial charge on any atom is -0.365 e. The SMILES string of the molecule is O=C(Nc1ccc(CN2CCc3[nH]c(-c4ccccn4)nc3-c3ccccc32)nc1)c1ccccc1-c1ccccc1. The third-order valence-electron chi connectivity index (χ3n) is 7.51. The second-order valence-corrected chi connectivity index (χ2v) is 10.2. The molecule has 7 rings (SSSR count). The first-order chi connectivity index (χ1) is 20.7. The van der Waals surface area contributed by atoms with E-state index in [1.165, 1.54) is 0 Å². The first-order valence-electron chi connectivity index (χ1n) is 14.0. The van der Waals surface area contributed by atoms with Crippen LogP contribution in [-0.4, -0.2) is 32.4 Å². The van der Waals surface area contributed by atoms with Crippen molar-refractivity contribution in [2.24, 2.45) is 0 Å². The van der Waals surface area contributed by atoms with Crippen molar-refractivity contribution in [3.63, 3.8) is 0 Å². The quantitative estimate of drug-likeness (QED) is 0.234. The lowest BCUT2D eigenvalue weighted by Gasteiger charge is -2.24. The summed E-state index contributed by atoms with van der Waals surface area (Å²) < 4.78 is 0. The zero-order valence-electron chi connectivity index (χ0n) is 22.9. The fraction of sp³-hybridized carbons (Fsp3) is 0.0857. The topological polar surface area (TPSA) is 86.8 Å². The smallest absolute Gasteiger partial charge is 0.256 e. The van der Waals surface area contributed by atoms with Gasteiger partial charge in [-0.25, -0.2) is 4.98 Å². The number of amides is 1. The van der Waals surface area contributed by atoms with E-state index in [1.807, 2.05) is 91.0 Å². The number of hydrogen-bond donors (Lipinski definition) is 2. The van der Waals surface area contributed by atoms with E-state index >= 15 is 0 Å². The minimum absolute atomic E-state index is 0.163. The standard InChI is InChI=1S/C35H28N6O/c42-35(28-13-5-4-12-27(28)24-10-2-1-3-11-24)38-25-17-18-26(37-22-25)23-41-21-19-30-33(29-14-6-7-16-32(29)41)40-34(39-30)31-15-8-9-20-36-31/h1-18,20,22H,19,21,23H2,(H,38,42)(H,39,40). The Morgan fingerprint density at radius 2 is 1.60 bits per heavy atom. The van der Waals surface area contributed by atoms with Crippen LogP contribution in [0.2, 0.25) is 0 Å². The summed E-state index contributed by atoms with van der Waals surface area (Å²) in [7, 11) is 0. The van der Waals surface area contributed by atoms with Gasteiger partial charge in [-0.1, -0.05) is 72.8 Å². The van der Waals surface area contributed by atoms with Gasteiger partial charge in [0.1, 0.15) is 5.69 Å². The Morgan fingerprint density at radius 3 is 2.40 bits per heavy atom. The number of H-pyrrole nitrogens is 1. The van der Waals surface area contributed by atoms with Crippen molar-refractivity contribution in [2.75, 3.05) is 16.8 Å². The zero-order chi connectivity index (χ0) is 28.3. The zero-order valence-corrected chi connectivity index (χ0v) is 22.9. The van der Waals surface area contributed by atoms with Crippen LogP contribution in [0.5, 0.6) is 0 Å². The van der Waals surface area contributed by atoms with Crippen molar-refractivity contribution >= 4 is 17.3 Å². The normalized spacial score (nSPS) is 12.2. The summed E-state index contributed by atoms with van der Waals surface area (Å²) in [6.45, 7) is 1.45. The van der Waals surface area contributed by atoms with Crippen LogP contribution in [0.1, 0.15) is 21.7 Å². The summed E-state index contributed by atoms with van der Waals surface area (Å²) >= 11 is 0. The number of nitrogens with one attached hydrogen (secondary N) is 2. The van der Waals surface area contributed by atoms with Crippen LogP contribution in [0.3, 0.4) is 0 Å². The summed E-state index contributed by atoms with van der Waals surface area (Å²) in [5.41, 5.74) is 9.20. The van der Waals surface area contributed by atoms with Gasteiger partial charge in [-0.15, -0.1) is 0 Å². The van der Waals surface area contributed by atoms with Gasteiger partial charge in [-0.05, 0) is 47.5 Å². The second kappa shape index (κ2) is 11.1. The summed E-state index contributed by atoms with van der Waals surface area (Å²) in [5, 5.41) is 3.02. The highest BCUT2D eigenvalue weighted by Crippen LogP contribution is 2.37. The Bertz CT molecular complexity index is 1850. The highest BCUT2D eigenvalue weighted by molar-refractivity contribution is 6.08. The molecule has 4 heterocycles. The maximum absolute atomic E-state index is 13.2. The lowest BCUT2D eigenvalue weighted by atomic mass is 9.99. The molecule has 7 heteroatoms. The minimum atomic E-state index is -0.163. The third kappa shape index (κ3) is 5.04. The van der Waals surface area contributed by atoms with Gasteiger partial charge in [0.25, 0.3) is 5.91 Å². The van der Waals surface area contributed by atoms with Crippen LogP contribution < -0.4 is 10.2 Å². The molecule has 3 aromatic carbocycles. The van der Waals surface area contributed by atoms with Crippen molar-refractivity contribution in [1.29, 1.82) is 0 Å². The van der Waals surface area contributed by atoms with Crippen molar-refractivity contribution in [1.82, 2.24) is 19.9 Å². The first kappa shape index (κ1) is 25.4. The third-order valence-corrected chi connectivity index (χ3v) is 7.51. The van der Waals surface area contributed by atoms with Crippen molar-refractivity contribution in [3.05, 3.63) is 139 Å². The van der Waals surface area contributed by atoms with Crippen molar-refractivity contribution < 1.29 is 4.79 Å². The van der Waals surface area contributed by atoms with E-state index in [2.05, 4.69) is 38.4 Å².